The van der Waals surface area contributed by atoms with Crippen molar-refractivity contribution in [1.29, 1.82) is 0 Å². The number of aliphatic carboxylic acids is 1. The van der Waals surface area contributed by atoms with Gasteiger partial charge in [0.05, 0.1) is 5.92 Å². The Morgan fingerprint density at radius 3 is 2.83 bits per heavy atom. The SMILES string of the molecule is C[C@@H]1[C@H](C(=O)O)CCCN1CC1CC2C=CC1C2. The number of piperidine rings is 1. The van der Waals surface area contributed by atoms with E-state index in [9.17, 15) is 9.90 Å². The largest absolute Gasteiger partial charge is 0.481 e. The first kappa shape index (κ1) is 12.2. The van der Waals surface area contributed by atoms with Gasteiger partial charge in [0.25, 0.3) is 0 Å². The zero-order valence-electron chi connectivity index (χ0n) is 11.1. The minimum atomic E-state index is -0.611. The normalized spacial score (nSPS) is 43.5. The van der Waals surface area contributed by atoms with Crippen LogP contribution in [0.5, 0.6) is 0 Å². The molecule has 2 bridgehead atoms. The van der Waals surface area contributed by atoms with Gasteiger partial charge in [-0.1, -0.05) is 12.2 Å². The van der Waals surface area contributed by atoms with Gasteiger partial charge in [-0.05, 0) is 56.9 Å². The molecule has 3 nitrogen and oxygen atoms in total. The van der Waals surface area contributed by atoms with Gasteiger partial charge in [-0.3, -0.25) is 9.69 Å². The van der Waals surface area contributed by atoms with Crippen LogP contribution in [0.4, 0.5) is 0 Å². The van der Waals surface area contributed by atoms with E-state index >= 15 is 0 Å². The van der Waals surface area contributed by atoms with Gasteiger partial charge < -0.3 is 5.11 Å². The molecule has 0 aromatic rings. The Hall–Kier alpha value is -0.830. The van der Waals surface area contributed by atoms with E-state index < -0.39 is 5.97 Å². The molecule has 0 radical (unpaired) electrons. The summed E-state index contributed by atoms with van der Waals surface area (Å²) < 4.78 is 0. The van der Waals surface area contributed by atoms with Crippen molar-refractivity contribution in [3.63, 3.8) is 0 Å². The first-order valence-corrected chi connectivity index (χ1v) is 7.30. The maximum Gasteiger partial charge on any atom is 0.308 e. The Morgan fingerprint density at radius 2 is 2.22 bits per heavy atom. The maximum atomic E-state index is 11.2. The van der Waals surface area contributed by atoms with Gasteiger partial charge >= 0.3 is 5.97 Å². The van der Waals surface area contributed by atoms with Gasteiger partial charge in [-0.15, -0.1) is 0 Å². The molecule has 1 saturated carbocycles. The fraction of sp³-hybridized carbons (Fsp3) is 0.800. The molecule has 3 rings (SSSR count). The standard InChI is InChI=1S/C15H23NO2/c1-10-14(15(17)18)3-2-6-16(10)9-13-8-11-4-5-12(13)7-11/h4-5,10-14H,2-3,6-9H2,1H3,(H,17,18)/t10-,11?,12?,13?,14-/m1/s1. The Bertz CT molecular complexity index is 366. The predicted molar refractivity (Wildman–Crippen MR) is 70.2 cm³/mol. The van der Waals surface area contributed by atoms with Crippen molar-refractivity contribution in [2.24, 2.45) is 23.7 Å². The lowest BCUT2D eigenvalue weighted by molar-refractivity contribution is -0.145. The maximum absolute atomic E-state index is 11.2. The average molecular weight is 249 g/mol. The molecule has 0 aromatic carbocycles. The van der Waals surface area contributed by atoms with E-state index in [-0.39, 0.29) is 12.0 Å². The molecule has 5 atom stereocenters. The second-order valence-electron chi connectivity index (χ2n) is 6.36. The number of fused-ring (bicyclic) bond motifs is 2. The van der Waals surface area contributed by atoms with E-state index in [0.29, 0.717) is 0 Å². The molecule has 1 aliphatic heterocycles. The third-order valence-corrected chi connectivity index (χ3v) is 5.32. The second kappa shape index (κ2) is 4.69. The number of rotatable bonds is 3. The lowest BCUT2D eigenvalue weighted by Crippen LogP contribution is -2.48. The van der Waals surface area contributed by atoms with Crippen molar-refractivity contribution in [3.8, 4) is 0 Å². The molecule has 0 aromatic heterocycles. The molecule has 100 valence electrons. The summed E-state index contributed by atoms with van der Waals surface area (Å²) in [5, 5.41) is 9.25. The molecule has 3 unspecified atom stereocenters. The van der Waals surface area contributed by atoms with Crippen molar-refractivity contribution < 1.29 is 9.90 Å². The van der Waals surface area contributed by atoms with Crippen LogP contribution in [0.1, 0.15) is 32.6 Å². The van der Waals surface area contributed by atoms with Gasteiger partial charge in [0.15, 0.2) is 0 Å². The van der Waals surface area contributed by atoms with Crippen molar-refractivity contribution in [2.45, 2.75) is 38.6 Å². The first-order valence-electron chi connectivity index (χ1n) is 7.30. The summed E-state index contributed by atoms with van der Waals surface area (Å²) in [6.45, 7) is 4.29. The zero-order valence-corrected chi connectivity index (χ0v) is 11.1. The molecular weight excluding hydrogens is 226 g/mol. The summed E-state index contributed by atoms with van der Waals surface area (Å²) in [4.78, 5) is 13.7. The summed E-state index contributed by atoms with van der Waals surface area (Å²) in [5.74, 6) is 1.59. The molecule has 0 spiro atoms. The Morgan fingerprint density at radius 1 is 1.39 bits per heavy atom. The molecule has 2 fully saturated rings. The molecule has 3 heteroatoms. The van der Waals surface area contributed by atoms with E-state index in [1.54, 1.807) is 0 Å². The highest BCUT2D eigenvalue weighted by Gasteiger charge is 2.39. The van der Waals surface area contributed by atoms with E-state index in [2.05, 4.69) is 24.0 Å². The van der Waals surface area contributed by atoms with Gasteiger partial charge in [-0.2, -0.15) is 0 Å². The Balaban J connectivity index is 1.62. The fourth-order valence-corrected chi connectivity index (χ4v) is 4.21. The van der Waals surface area contributed by atoms with Crippen LogP contribution < -0.4 is 0 Å². The van der Waals surface area contributed by atoms with Crippen LogP contribution in [-0.2, 0) is 4.79 Å². The molecular formula is C15H23NO2. The average Bonchev–Trinajstić information content (AvgIpc) is 2.93. The summed E-state index contributed by atoms with van der Waals surface area (Å²) >= 11 is 0. The number of carboxylic acid groups (broad SMARTS) is 1. The van der Waals surface area contributed by atoms with Crippen LogP contribution >= 0.6 is 0 Å². The van der Waals surface area contributed by atoms with E-state index in [4.69, 9.17) is 0 Å². The van der Waals surface area contributed by atoms with Gasteiger partial charge in [0.1, 0.15) is 0 Å². The summed E-state index contributed by atoms with van der Waals surface area (Å²) in [6.07, 6.45) is 9.32. The van der Waals surface area contributed by atoms with E-state index in [1.807, 2.05) is 0 Å². The topological polar surface area (TPSA) is 40.5 Å². The second-order valence-corrected chi connectivity index (χ2v) is 6.36. The van der Waals surface area contributed by atoms with Crippen LogP contribution in [0.2, 0.25) is 0 Å². The summed E-state index contributed by atoms with van der Waals surface area (Å²) in [6, 6.07) is 0.208. The first-order chi connectivity index (χ1) is 8.65. The number of hydrogen-bond acceptors (Lipinski definition) is 2. The van der Waals surface area contributed by atoms with Crippen molar-refractivity contribution >= 4 is 5.97 Å². The van der Waals surface area contributed by atoms with Gasteiger partial charge in [0.2, 0.25) is 0 Å². The minimum Gasteiger partial charge on any atom is -0.481 e. The quantitative estimate of drug-likeness (QED) is 0.781. The van der Waals surface area contributed by atoms with E-state index in [0.717, 1.165) is 43.7 Å². The smallest absolute Gasteiger partial charge is 0.308 e. The van der Waals surface area contributed by atoms with Crippen LogP contribution in [0, 0.1) is 23.7 Å². The van der Waals surface area contributed by atoms with Crippen LogP contribution in [-0.4, -0.2) is 35.1 Å². The van der Waals surface area contributed by atoms with Crippen LogP contribution in [0.15, 0.2) is 12.2 Å². The number of carbonyl (C=O) groups is 1. The number of allylic oxidation sites excluding steroid dienone is 2. The van der Waals surface area contributed by atoms with Gasteiger partial charge in [-0.25, -0.2) is 0 Å². The van der Waals surface area contributed by atoms with E-state index in [1.165, 1.54) is 12.8 Å². The highest BCUT2D eigenvalue weighted by Crippen LogP contribution is 2.44. The monoisotopic (exact) mass is 249 g/mol. The number of carboxylic acids is 1. The van der Waals surface area contributed by atoms with Crippen molar-refractivity contribution in [3.05, 3.63) is 12.2 Å². The molecule has 2 aliphatic carbocycles. The predicted octanol–water partition coefficient (Wildman–Crippen LogP) is 2.38. The van der Waals surface area contributed by atoms with Crippen LogP contribution in [0.3, 0.4) is 0 Å². The van der Waals surface area contributed by atoms with Crippen molar-refractivity contribution in [1.82, 2.24) is 4.90 Å². The Kier molecular flexibility index (Phi) is 3.18. The molecule has 18 heavy (non-hydrogen) atoms. The lowest BCUT2D eigenvalue weighted by atomic mass is 9.87. The molecule has 1 saturated heterocycles. The number of likely N-dealkylation sites (tertiary alicyclic amines) is 1. The third-order valence-electron chi connectivity index (χ3n) is 5.32. The molecule has 3 aliphatic rings. The minimum absolute atomic E-state index is 0.159. The molecule has 1 N–H and O–H groups in total. The Labute approximate surface area is 109 Å². The lowest BCUT2D eigenvalue weighted by Gasteiger charge is -2.39. The third kappa shape index (κ3) is 2.09. The fourth-order valence-electron chi connectivity index (χ4n) is 4.21. The van der Waals surface area contributed by atoms with Gasteiger partial charge in [0, 0.05) is 12.6 Å². The highest BCUT2D eigenvalue weighted by atomic mass is 16.4. The van der Waals surface area contributed by atoms with Crippen LogP contribution in [0.25, 0.3) is 0 Å². The molecule has 1 heterocycles. The molecule has 0 amide bonds. The number of hydrogen-bond donors (Lipinski definition) is 1. The zero-order chi connectivity index (χ0) is 12.7. The highest BCUT2D eigenvalue weighted by molar-refractivity contribution is 5.70. The summed E-state index contributed by atoms with van der Waals surface area (Å²) in [7, 11) is 0. The van der Waals surface area contributed by atoms with Crippen molar-refractivity contribution in [2.75, 3.05) is 13.1 Å². The summed E-state index contributed by atoms with van der Waals surface area (Å²) in [5.41, 5.74) is 0. The number of nitrogens with zero attached hydrogens (tertiary/aromatic N) is 1.